The van der Waals surface area contributed by atoms with Crippen molar-refractivity contribution in [3.05, 3.63) is 129 Å². The van der Waals surface area contributed by atoms with Gasteiger partial charge in [0.1, 0.15) is 0 Å². The number of ketones is 1. The number of anilines is 1. The number of aromatic nitrogens is 1. The number of rotatable bonds is 6. The van der Waals surface area contributed by atoms with Gasteiger partial charge >= 0.3 is 5.97 Å². The van der Waals surface area contributed by atoms with E-state index >= 15 is 0 Å². The van der Waals surface area contributed by atoms with Crippen LogP contribution in [0.4, 0.5) is 5.69 Å². The van der Waals surface area contributed by atoms with Gasteiger partial charge in [0.15, 0.2) is 12.4 Å². The quantitative estimate of drug-likeness (QED) is 0.117. The monoisotopic (exact) mass is 588 g/mol. The van der Waals surface area contributed by atoms with E-state index < -0.39 is 12.6 Å². The van der Waals surface area contributed by atoms with Gasteiger partial charge in [-0.15, -0.1) is 0 Å². The summed E-state index contributed by atoms with van der Waals surface area (Å²) in [7, 11) is 0. The Kier molecular flexibility index (Phi) is 7.12. The first kappa shape index (κ1) is 28.0. The molecule has 1 aliphatic heterocycles. The first-order valence-corrected chi connectivity index (χ1v) is 14.0. The molecule has 0 saturated carbocycles. The molecule has 0 N–H and O–H groups in total. The van der Waals surface area contributed by atoms with E-state index in [-0.39, 0.29) is 23.2 Å². The number of nitrogens with zero attached hydrogens (tertiary/aromatic N) is 2. The van der Waals surface area contributed by atoms with Gasteiger partial charge in [0.05, 0.1) is 33.6 Å². The van der Waals surface area contributed by atoms with E-state index in [0.29, 0.717) is 55.1 Å². The SMILES string of the molecule is Cc1ccc(C(=O)COC(=O)c2cc(-c3ccc(N4C(=O)c5ccccc5C4=O)cc3)nc3c(C)c(Cl)ccc23)cc1C. The van der Waals surface area contributed by atoms with Gasteiger partial charge in [-0.25, -0.2) is 14.7 Å². The van der Waals surface area contributed by atoms with E-state index in [0.717, 1.165) is 16.0 Å². The third-order valence-corrected chi connectivity index (χ3v) is 8.18. The zero-order chi connectivity index (χ0) is 30.4. The Morgan fingerprint density at radius 1 is 0.814 bits per heavy atom. The second-order valence-corrected chi connectivity index (χ2v) is 10.9. The molecule has 1 aromatic heterocycles. The molecule has 1 aliphatic rings. The Morgan fingerprint density at radius 3 is 2.14 bits per heavy atom. The second-order valence-electron chi connectivity index (χ2n) is 10.5. The smallest absolute Gasteiger partial charge is 0.339 e. The number of carbonyl (C=O) groups is 4. The van der Waals surface area contributed by atoms with Crippen LogP contribution < -0.4 is 4.90 Å². The fourth-order valence-corrected chi connectivity index (χ4v) is 5.29. The normalized spacial score (nSPS) is 12.5. The van der Waals surface area contributed by atoms with Crippen molar-refractivity contribution in [2.24, 2.45) is 0 Å². The van der Waals surface area contributed by atoms with E-state index in [1.165, 1.54) is 0 Å². The van der Waals surface area contributed by atoms with Gasteiger partial charge in [0.25, 0.3) is 11.8 Å². The Labute approximate surface area is 252 Å². The van der Waals surface area contributed by atoms with E-state index in [2.05, 4.69) is 0 Å². The number of imide groups is 1. The number of amides is 2. The minimum atomic E-state index is -0.671. The number of halogens is 1. The average molecular weight is 589 g/mol. The van der Waals surface area contributed by atoms with Crippen LogP contribution in [-0.2, 0) is 4.74 Å². The lowest BCUT2D eigenvalue weighted by molar-refractivity contribution is 0.0476. The van der Waals surface area contributed by atoms with Crippen LogP contribution in [0.3, 0.4) is 0 Å². The number of esters is 1. The van der Waals surface area contributed by atoms with Crippen molar-refractivity contribution < 1.29 is 23.9 Å². The summed E-state index contributed by atoms with van der Waals surface area (Å²) >= 11 is 6.40. The molecular formula is C35H25ClN2O5. The van der Waals surface area contributed by atoms with Crippen LogP contribution >= 0.6 is 11.6 Å². The summed E-state index contributed by atoms with van der Waals surface area (Å²) < 4.78 is 5.49. The predicted molar refractivity (Wildman–Crippen MR) is 165 cm³/mol. The molecule has 4 aromatic carbocycles. The molecule has 0 atom stereocenters. The minimum absolute atomic E-state index is 0.233. The molecule has 0 spiro atoms. The predicted octanol–water partition coefficient (Wildman–Crippen LogP) is 7.32. The summed E-state index contributed by atoms with van der Waals surface area (Å²) in [6, 6.07) is 23.8. The maximum absolute atomic E-state index is 13.4. The highest BCUT2D eigenvalue weighted by Crippen LogP contribution is 2.33. The number of Topliss-reactive ketones (excluding diaryl/α,β-unsaturated/α-hetero) is 1. The number of ether oxygens (including phenoxy) is 1. The first-order chi connectivity index (χ1) is 20.6. The van der Waals surface area contributed by atoms with Crippen LogP contribution in [0.2, 0.25) is 5.02 Å². The van der Waals surface area contributed by atoms with E-state index in [9.17, 15) is 19.2 Å². The second kappa shape index (κ2) is 10.9. The molecule has 212 valence electrons. The molecule has 0 radical (unpaired) electrons. The number of aryl methyl sites for hydroxylation is 3. The Hall–Kier alpha value is -5.14. The maximum Gasteiger partial charge on any atom is 0.339 e. The molecule has 43 heavy (non-hydrogen) atoms. The van der Waals surface area contributed by atoms with Crippen LogP contribution in [0.25, 0.3) is 22.2 Å². The lowest BCUT2D eigenvalue weighted by Crippen LogP contribution is -2.29. The molecule has 2 heterocycles. The molecule has 5 aromatic rings. The van der Waals surface area contributed by atoms with Crippen LogP contribution in [0.15, 0.2) is 84.9 Å². The lowest BCUT2D eigenvalue weighted by atomic mass is 10.0. The first-order valence-electron chi connectivity index (χ1n) is 13.6. The molecule has 0 unspecified atom stereocenters. The van der Waals surface area contributed by atoms with Gasteiger partial charge in [-0.2, -0.15) is 0 Å². The minimum Gasteiger partial charge on any atom is -0.454 e. The van der Waals surface area contributed by atoms with Crippen molar-refractivity contribution in [3.63, 3.8) is 0 Å². The van der Waals surface area contributed by atoms with Gasteiger partial charge in [-0.1, -0.05) is 54.1 Å². The number of pyridine rings is 1. The topological polar surface area (TPSA) is 93.6 Å². The molecule has 8 heteroatoms. The molecular weight excluding hydrogens is 564 g/mol. The fraction of sp³-hybridized carbons (Fsp3) is 0.114. The van der Waals surface area contributed by atoms with Crippen molar-refractivity contribution in [1.29, 1.82) is 0 Å². The molecule has 7 nitrogen and oxygen atoms in total. The third kappa shape index (κ3) is 4.98. The molecule has 0 saturated heterocycles. The summed E-state index contributed by atoms with van der Waals surface area (Å²) in [4.78, 5) is 58.0. The molecule has 0 bridgehead atoms. The standard InChI is InChI=1S/C35H25ClN2O5/c1-19-8-9-23(16-20(19)2)31(39)18-43-35(42)28-17-30(37-32-21(3)29(36)15-14-25(28)32)22-10-12-24(13-11-22)38-33(40)26-6-4-5-7-27(26)34(38)41/h4-17H,18H2,1-3H3. The van der Waals surface area contributed by atoms with Gasteiger partial charge in [-0.3, -0.25) is 14.4 Å². The van der Waals surface area contributed by atoms with Crippen molar-refractivity contribution in [2.75, 3.05) is 11.5 Å². The summed E-state index contributed by atoms with van der Waals surface area (Å²) in [5, 5.41) is 1.03. The highest BCUT2D eigenvalue weighted by atomic mass is 35.5. The molecule has 6 rings (SSSR count). The highest BCUT2D eigenvalue weighted by Gasteiger charge is 2.36. The largest absolute Gasteiger partial charge is 0.454 e. The molecule has 0 aliphatic carbocycles. The van der Waals surface area contributed by atoms with Crippen LogP contribution in [-0.4, -0.2) is 35.2 Å². The Bertz CT molecular complexity index is 1960. The van der Waals surface area contributed by atoms with Crippen LogP contribution in [0.5, 0.6) is 0 Å². The number of fused-ring (bicyclic) bond motifs is 2. The van der Waals surface area contributed by atoms with E-state index in [4.69, 9.17) is 21.3 Å². The van der Waals surface area contributed by atoms with Gasteiger partial charge in [0, 0.05) is 21.5 Å². The Balaban J connectivity index is 1.32. The number of carbonyl (C=O) groups excluding carboxylic acids is 4. The highest BCUT2D eigenvalue weighted by molar-refractivity contribution is 6.34. The van der Waals surface area contributed by atoms with Gasteiger partial charge in [0.2, 0.25) is 0 Å². The zero-order valence-corrected chi connectivity index (χ0v) is 24.4. The van der Waals surface area contributed by atoms with Crippen LogP contribution in [0, 0.1) is 20.8 Å². The van der Waals surface area contributed by atoms with E-state index in [1.54, 1.807) is 78.9 Å². The average Bonchev–Trinajstić information content (AvgIpc) is 3.27. The summed E-state index contributed by atoms with van der Waals surface area (Å²) in [6.07, 6.45) is 0. The van der Waals surface area contributed by atoms with Crippen molar-refractivity contribution in [1.82, 2.24) is 4.98 Å². The van der Waals surface area contributed by atoms with Gasteiger partial charge in [-0.05, 0) is 79.9 Å². The summed E-state index contributed by atoms with van der Waals surface area (Å²) in [5.41, 5.74) is 6.18. The fourth-order valence-electron chi connectivity index (χ4n) is 5.13. The number of hydrogen-bond acceptors (Lipinski definition) is 6. The van der Waals surface area contributed by atoms with Crippen molar-refractivity contribution in [3.8, 4) is 11.3 Å². The number of hydrogen-bond donors (Lipinski definition) is 0. The summed E-state index contributed by atoms with van der Waals surface area (Å²) in [5.74, 6) is -1.75. The Morgan fingerprint density at radius 2 is 1.49 bits per heavy atom. The summed E-state index contributed by atoms with van der Waals surface area (Å²) in [6.45, 7) is 5.28. The van der Waals surface area contributed by atoms with E-state index in [1.807, 2.05) is 26.8 Å². The van der Waals surface area contributed by atoms with Crippen molar-refractivity contribution >= 4 is 51.8 Å². The van der Waals surface area contributed by atoms with Gasteiger partial charge < -0.3 is 4.74 Å². The van der Waals surface area contributed by atoms with Crippen LogP contribution in [0.1, 0.15) is 58.1 Å². The maximum atomic E-state index is 13.4. The van der Waals surface area contributed by atoms with Crippen molar-refractivity contribution in [2.45, 2.75) is 20.8 Å². The lowest BCUT2D eigenvalue weighted by Gasteiger charge is -2.15. The zero-order valence-electron chi connectivity index (χ0n) is 23.6. The molecule has 0 fully saturated rings. The third-order valence-electron chi connectivity index (χ3n) is 7.77. The molecule has 2 amide bonds. The number of benzene rings is 4.